The van der Waals surface area contributed by atoms with Crippen LogP contribution in [-0.2, 0) is 15.3 Å². The predicted octanol–water partition coefficient (Wildman–Crippen LogP) is 2.58. The molecule has 146 valence electrons. The average molecular weight is 400 g/mol. The van der Waals surface area contributed by atoms with Crippen LogP contribution in [0.25, 0.3) is 0 Å². The number of carbonyl (C=O) groups excluding carboxylic acids is 2. The van der Waals surface area contributed by atoms with E-state index in [1.807, 2.05) is 30.0 Å². The molecule has 1 aromatic rings. The third-order valence-electron chi connectivity index (χ3n) is 4.51. The van der Waals surface area contributed by atoms with Gasteiger partial charge in [-0.3, -0.25) is 9.59 Å². The summed E-state index contributed by atoms with van der Waals surface area (Å²) in [5.74, 6) is 0.977. The monoisotopic (exact) mass is 399 g/mol. The van der Waals surface area contributed by atoms with Crippen molar-refractivity contribution in [3.05, 3.63) is 35.9 Å². The first-order valence-corrected chi connectivity index (χ1v) is 10.1. The highest BCUT2D eigenvalue weighted by Crippen LogP contribution is 2.23. The molecule has 2 rings (SSSR count). The Hall–Kier alpha value is -1.24. The van der Waals surface area contributed by atoms with Crippen LogP contribution >= 0.6 is 24.2 Å². The highest BCUT2D eigenvalue weighted by atomic mass is 35.5. The molecule has 1 fully saturated rings. The number of amides is 2. The van der Waals surface area contributed by atoms with Gasteiger partial charge < -0.3 is 16.0 Å². The van der Waals surface area contributed by atoms with Crippen LogP contribution in [-0.4, -0.2) is 47.6 Å². The van der Waals surface area contributed by atoms with Gasteiger partial charge in [0.25, 0.3) is 0 Å². The minimum Gasteiger partial charge on any atom is -0.354 e. The van der Waals surface area contributed by atoms with E-state index in [-0.39, 0.29) is 35.5 Å². The SMILES string of the molecule is CC(SCc1ccccc1)C(=O)N1CCCCC1CNC(=O)CCN.Cl. The second kappa shape index (κ2) is 12.2. The quantitative estimate of drug-likeness (QED) is 0.704. The fourth-order valence-electron chi connectivity index (χ4n) is 3.05. The fourth-order valence-corrected chi connectivity index (χ4v) is 3.97. The molecular formula is C19H30ClN3O2S. The summed E-state index contributed by atoms with van der Waals surface area (Å²) in [7, 11) is 0. The largest absolute Gasteiger partial charge is 0.354 e. The molecule has 1 aliphatic heterocycles. The molecule has 0 spiro atoms. The maximum Gasteiger partial charge on any atom is 0.235 e. The molecule has 26 heavy (non-hydrogen) atoms. The number of halogens is 1. The first-order valence-electron chi connectivity index (χ1n) is 9.04. The zero-order chi connectivity index (χ0) is 18.1. The summed E-state index contributed by atoms with van der Waals surface area (Å²) < 4.78 is 0. The molecule has 0 saturated carbocycles. The first-order chi connectivity index (χ1) is 12.1. The van der Waals surface area contributed by atoms with Gasteiger partial charge in [0.05, 0.1) is 5.25 Å². The lowest BCUT2D eigenvalue weighted by Crippen LogP contribution is -2.51. The Morgan fingerprint density at radius 3 is 2.73 bits per heavy atom. The van der Waals surface area contributed by atoms with E-state index in [0.717, 1.165) is 31.6 Å². The molecule has 2 atom stereocenters. The summed E-state index contributed by atoms with van der Waals surface area (Å²) in [6, 6.07) is 10.3. The summed E-state index contributed by atoms with van der Waals surface area (Å²) in [5.41, 5.74) is 6.64. The van der Waals surface area contributed by atoms with Crippen molar-refractivity contribution in [2.75, 3.05) is 19.6 Å². The number of hydrogen-bond donors (Lipinski definition) is 2. The molecule has 1 aliphatic rings. The van der Waals surface area contributed by atoms with Crippen molar-refractivity contribution in [1.29, 1.82) is 0 Å². The maximum absolute atomic E-state index is 12.9. The summed E-state index contributed by atoms with van der Waals surface area (Å²) >= 11 is 1.67. The van der Waals surface area contributed by atoms with Crippen LogP contribution in [0.1, 0.15) is 38.2 Å². The number of piperidine rings is 1. The van der Waals surface area contributed by atoms with Gasteiger partial charge in [-0.05, 0) is 31.7 Å². The number of thioether (sulfide) groups is 1. The fraction of sp³-hybridized carbons (Fsp3) is 0.579. The van der Waals surface area contributed by atoms with E-state index in [1.54, 1.807) is 11.8 Å². The van der Waals surface area contributed by atoms with Gasteiger partial charge in [-0.2, -0.15) is 0 Å². The number of nitrogens with zero attached hydrogens (tertiary/aromatic N) is 1. The maximum atomic E-state index is 12.9. The molecule has 0 aliphatic carbocycles. The topological polar surface area (TPSA) is 75.4 Å². The Labute approximate surface area is 166 Å². The Kier molecular flexibility index (Phi) is 10.7. The van der Waals surface area contributed by atoms with Crippen molar-refractivity contribution in [2.24, 2.45) is 5.73 Å². The van der Waals surface area contributed by atoms with E-state index in [2.05, 4.69) is 17.4 Å². The van der Waals surface area contributed by atoms with Crippen LogP contribution in [0.4, 0.5) is 0 Å². The zero-order valence-corrected chi connectivity index (χ0v) is 17.0. The van der Waals surface area contributed by atoms with Crippen molar-refractivity contribution in [2.45, 2.75) is 49.7 Å². The number of nitrogens with two attached hydrogens (primary N) is 1. The normalized spacial score (nSPS) is 17.9. The Morgan fingerprint density at radius 1 is 1.31 bits per heavy atom. The minimum atomic E-state index is -0.0828. The molecule has 1 aromatic carbocycles. The van der Waals surface area contributed by atoms with Crippen LogP contribution < -0.4 is 11.1 Å². The van der Waals surface area contributed by atoms with Crippen LogP contribution in [0.3, 0.4) is 0 Å². The van der Waals surface area contributed by atoms with E-state index in [4.69, 9.17) is 5.73 Å². The van der Waals surface area contributed by atoms with Gasteiger partial charge in [0.1, 0.15) is 0 Å². The number of carbonyl (C=O) groups is 2. The van der Waals surface area contributed by atoms with E-state index >= 15 is 0 Å². The summed E-state index contributed by atoms with van der Waals surface area (Å²) in [6.07, 6.45) is 3.43. The first kappa shape index (κ1) is 22.8. The van der Waals surface area contributed by atoms with Gasteiger partial charge in [-0.1, -0.05) is 30.3 Å². The van der Waals surface area contributed by atoms with Crippen LogP contribution in [0.2, 0.25) is 0 Å². The van der Waals surface area contributed by atoms with Gasteiger partial charge in [0, 0.05) is 37.8 Å². The molecule has 2 amide bonds. The average Bonchev–Trinajstić information content (AvgIpc) is 2.65. The highest BCUT2D eigenvalue weighted by molar-refractivity contribution is 7.99. The number of rotatable bonds is 8. The van der Waals surface area contributed by atoms with E-state index in [1.165, 1.54) is 5.56 Å². The molecule has 0 radical (unpaired) electrons. The minimum absolute atomic E-state index is 0. The molecule has 0 aromatic heterocycles. The second-order valence-electron chi connectivity index (χ2n) is 6.46. The van der Waals surface area contributed by atoms with Crippen molar-refractivity contribution < 1.29 is 9.59 Å². The van der Waals surface area contributed by atoms with Gasteiger partial charge in [-0.15, -0.1) is 24.2 Å². The van der Waals surface area contributed by atoms with Crippen molar-refractivity contribution >= 4 is 36.0 Å². The summed E-state index contributed by atoms with van der Waals surface area (Å²) in [6.45, 7) is 3.65. The zero-order valence-electron chi connectivity index (χ0n) is 15.4. The van der Waals surface area contributed by atoms with Crippen LogP contribution in [0.15, 0.2) is 30.3 Å². The van der Waals surface area contributed by atoms with Gasteiger partial charge in [-0.25, -0.2) is 0 Å². The second-order valence-corrected chi connectivity index (χ2v) is 7.79. The van der Waals surface area contributed by atoms with E-state index in [0.29, 0.717) is 19.5 Å². The van der Waals surface area contributed by atoms with Crippen LogP contribution in [0, 0.1) is 0 Å². The molecule has 1 heterocycles. The Balaban J connectivity index is 0.00000338. The van der Waals surface area contributed by atoms with Crippen molar-refractivity contribution in [3.63, 3.8) is 0 Å². The van der Waals surface area contributed by atoms with E-state index in [9.17, 15) is 9.59 Å². The lowest BCUT2D eigenvalue weighted by Gasteiger charge is -2.37. The Morgan fingerprint density at radius 2 is 2.04 bits per heavy atom. The molecule has 2 unspecified atom stereocenters. The summed E-state index contributed by atoms with van der Waals surface area (Å²) in [5, 5.41) is 2.83. The van der Waals surface area contributed by atoms with Crippen molar-refractivity contribution in [1.82, 2.24) is 10.2 Å². The standard InChI is InChI=1S/C19H29N3O2S.ClH/c1-15(25-14-16-7-3-2-4-8-16)19(24)22-12-6-5-9-17(22)13-21-18(23)10-11-20;/h2-4,7-8,15,17H,5-6,9-14,20H2,1H3,(H,21,23);1H. The third-order valence-corrected chi connectivity index (χ3v) is 5.71. The lowest BCUT2D eigenvalue weighted by molar-refractivity contribution is -0.134. The molecule has 3 N–H and O–H groups in total. The number of benzene rings is 1. The van der Waals surface area contributed by atoms with Gasteiger partial charge in [0.15, 0.2) is 0 Å². The highest BCUT2D eigenvalue weighted by Gasteiger charge is 2.29. The number of nitrogens with one attached hydrogen (secondary N) is 1. The van der Waals surface area contributed by atoms with E-state index < -0.39 is 0 Å². The number of hydrogen-bond acceptors (Lipinski definition) is 4. The third kappa shape index (κ3) is 7.17. The summed E-state index contributed by atoms with van der Waals surface area (Å²) in [4.78, 5) is 26.5. The Bertz CT molecular complexity index is 559. The molecule has 1 saturated heterocycles. The molecule has 0 bridgehead atoms. The van der Waals surface area contributed by atoms with Gasteiger partial charge in [0.2, 0.25) is 11.8 Å². The van der Waals surface area contributed by atoms with Crippen molar-refractivity contribution in [3.8, 4) is 0 Å². The van der Waals surface area contributed by atoms with Gasteiger partial charge >= 0.3 is 0 Å². The molecular weight excluding hydrogens is 370 g/mol. The number of likely N-dealkylation sites (tertiary alicyclic amines) is 1. The molecule has 5 nitrogen and oxygen atoms in total. The van der Waals surface area contributed by atoms with Crippen LogP contribution in [0.5, 0.6) is 0 Å². The lowest BCUT2D eigenvalue weighted by atomic mass is 10.0. The smallest absolute Gasteiger partial charge is 0.235 e. The molecule has 7 heteroatoms. The predicted molar refractivity (Wildman–Crippen MR) is 110 cm³/mol.